The second-order valence-electron chi connectivity index (χ2n) is 3.17. The van der Waals surface area contributed by atoms with Gasteiger partial charge in [-0.2, -0.15) is 0 Å². The summed E-state index contributed by atoms with van der Waals surface area (Å²) in [6, 6.07) is 0. The van der Waals surface area contributed by atoms with Gasteiger partial charge in [-0.05, 0) is 13.5 Å². The third-order valence-electron chi connectivity index (χ3n) is 1.81. The van der Waals surface area contributed by atoms with Crippen molar-refractivity contribution in [2.75, 3.05) is 33.4 Å². The van der Waals surface area contributed by atoms with E-state index in [4.69, 9.17) is 4.74 Å². The predicted molar refractivity (Wildman–Crippen MR) is 64.5 cm³/mol. The van der Waals surface area contributed by atoms with Crippen LogP contribution in [0.15, 0.2) is 0 Å². The van der Waals surface area contributed by atoms with E-state index in [0.29, 0.717) is 19.6 Å². The van der Waals surface area contributed by atoms with Gasteiger partial charge in [-0.15, -0.1) is 12.4 Å². The number of carbonyl (C=O) groups is 1. The molecule has 0 aliphatic heterocycles. The Morgan fingerprint density at radius 3 is 2.60 bits per heavy atom. The van der Waals surface area contributed by atoms with Crippen LogP contribution in [0.5, 0.6) is 0 Å². The molecule has 0 heterocycles. The predicted octanol–water partition coefficient (Wildman–Crippen LogP) is 0.951. The minimum absolute atomic E-state index is 0. The molecule has 0 rings (SSSR count). The Bertz CT molecular complexity index is 145. The molecule has 0 fully saturated rings. The van der Waals surface area contributed by atoms with Crippen molar-refractivity contribution in [3.63, 3.8) is 0 Å². The Hall–Kier alpha value is -0.320. The van der Waals surface area contributed by atoms with Crippen LogP contribution in [-0.4, -0.2) is 39.3 Å². The Morgan fingerprint density at radius 1 is 1.27 bits per heavy atom. The summed E-state index contributed by atoms with van der Waals surface area (Å²) in [6.07, 6.45) is 2.77. The second-order valence-corrected chi connectivity index (χ2v) is 3.17. The molecule has 0 unspecified atom stereocenters. The number of unbranched alkanes of at least 4 members (excludes halogenated alkanes) is 1. The quantitative estimate of drug-likeness (QED) is 0.588. The number of halogens is 1. The Kier molecular flexibility index (Phi) is 15.6. The molecular formula is C10H23ClN2O2. The highest BCUT2D eigenvalue weighted by Gasteiger charge is 1.97. The lowest BCUT2D eigenvalue weighted by Gasteiger charge is -2.05. The summed E-state index contributed by atoms with van der Waals surface area (Å²) in [5.41, 5.74) is 0. The van der Waals surface area contributed by atoms with Gasteiger partial charge in [-0.3, -0.25) is 4.79 Å². The fraction of sp³-hybridized carbons (Fsp3) is 0.900. The highest BCUT2D eigenvalue weighted by atomic mass is 35.5. The zero-order valence-electron chi connectivity index (χ0n) is 9.67. The molecule has 15 heavy (non-hydrogen) atoms. The molecule has 0 spiro atoms. The van der Waals surface area contributed by atoms with Gasteiger partial charge in [0.1, 0.15) is 0 Å². The van der Waals surface area contributed by atoms with Gasteiger partial charge < -0.3 is 15.4 Å². The van der Waals surface area contributed by atoms with Crippen LogP contribution in [0.4, 0.5) is 0 Å². The standard InChI is InChI=1S/C10H22N2O2.ClH/c1-3-4-8-14-9-7-12-10(13)5-6-11-2;/h11H,3-9H2,1-2H3,(H,12,13);1H. The summed E-state index contributed by atoms with van der Waals surface area (Å²) in [5.74, 6) is 0.0819. The maximum atomic E-state index is 11.1. The van der Waals surface area contributed by atoms with Crippen LogP contribution in [-0.2, 0) is 9.53 Å². The number of carbonyl (C=O) groups excluding carboxylic acids is 1. The van der Waals surface area contributed by atoms with Gasteiger partial charge in [0, 0.05) is 26.1 Å². The van der Waals surface area contributed by atoms with Gasteiger partial charge in [-0.25, -0.2) is 0 Å². The molecule has 0 aromatic rings. The lowest BCUT2D eigenvalue weighted by molar-refractivity contribution is -0.121. The highest BCUT2D eigenvalue weighted by Crippen LogP contribution is 1.86. The first-order valence-corrected chi connectivity index (χ1v) is 5.30. The zero-order chi connectivity index (χ0) is 10.6. The lowest BCUT2D eigenvalue weighted by Crippen LogP contribution is -2.29. The van der Waals surface area contributed by atoms with E-state index in [1.54, 1.807) is 0 Å². The van der Waals surface area contributed by atoms with Crippen molar-refractivity contribution in [3.05, 3.63) is 0 Å². The molecule has 92 valence electrons. The van der Waals surface area contributed by atoms with Gasteiger partial charge >= 0.3 is 0 Å². The van der Waals surface area contributed by atoms with E-state index >= 15 is 0 Å². The van der Waals surface area contributed by atoms with Crippen molar-refractivity contribution in [2.24, 2.45) is 0 Å². The Morgan fingerprint density at radius 2 is 2.00 bits per heavy atom. The number of rotatable bonds is 9. The molecule has 0 saturated heterocycles. The molecule has 0 aromatic carbocycles. The lowest BCUT2D eigenvalue weighted by atomic mass is 10.4. The van der Waals surface area contributed by atoms with Crippen molar-refractivity contribution in [3.8, 4) is 0 Å². The fourth-order valence-electron chi connectivity index (χ4n) is 0.938. The van der Waals surface area contributed by atoms with Crippen LogP contribution in [0.3, 0.4) is 0 Å². The second kappa shape index (κ2) is 13.7. The maximum absolute atomic E-state index is 11.1. The minimum Gasteiger partial charge on any atom is -0.380 e. The van der Waals surface area contributed by atoms with Crippen LogP contribution in [0.2, 0.25) is 0 Å². The molecule has 0 aliphatic carbocycles. The van der Waals surface area contributed by atoms with E-state index in [0.717, 1.165) is 26.0 Å². The summed E-state index contributed by atoms with van der Waals surface area (Å²) in [7, 11) is 1.83. The SMILES string of the molecule is CCCCOCCNC(=O)CCNC.Cl. The number of ether oxygens (including phenoxy) is 1. The monoisotopic (exact) mass is 238 g/mol. The molecule has 0 atom stereocenters. The van der Waals surface area contributed by atoms with Crippen LogP contribution in [0, 0.1) is 0 Å². The summed E-state index contributed by atoms with van der Waals surface area (Å²) in [4.78, 5) is 11.1. The van der Waals surface area contributed by atoms with Crippen LogP contribution < -0.4 is 10.6 Å². The first kappa shape index (κ1) is 17.1. The third kappa shape index (κ3) is 13.7. The van der Waals surface area contributed by atoms with Crippen LogP contribution in [0.1, 0.15) is 26.2 Å². The Labute approximate surface area is 98.6 Å². The molecule has 0 saturated carbocycles. The summed E-state index contributed by atoms with van der Waals surface area (Å²) in [6.45, 7) is 4.88. The van der Waals surface area contributed by atoms with Crippen molar-refractivity contribution in [1.29, 1.82) is 0 Å². The zero-order valence-corrected chi connectivity index (χ0v) is 10.5. The summed E-state index contributed by atoms with van der Waals surface area (Å²) >= 11 is 0. The number of amides is 1. The molecule has 4 nitrogen and oxygen atoms in total. The van der Waals surface area contributed by atoms with Crippen LogP contribution >= 0.6 is 12.4 Å². The van der Waals surface area contributed by atoms with E-state index < -0.39 is 0 Å². The van der Waals surface area contributed by atoms with E-state index in [9.17, 15) is 4.79 Å². The van der Waals surface area contributed by atoms with E-state index in [1.807, 2.05) is 7.05 Å². The highest BCUT2D eigenvalue weighted by molar-refractivity contribution is 5.85. The number of nitrogens with one attached hydrogen (secondary N) is 2. The first-order chi connectivity index (χ1) is 6.81. The van der Waals surface area contributed by atoms with E-state index in [1.165, 1.54) is 0 Å². The van der Waals surface area contributed by atoms with Gasteiger partial charge in [0.15, 0.2) is 0 Å². The van der Waals surface area contributed by atoms with E-state index in [2.05, 4.69) is 17.6 Å². The van der Waals surface area contributed by atoms with Gasteiger partial charge in [0.2, 0.25) is 5.91 Å². The molecular weight excluding hydrogens is 216 g/mol. The molecule has 0 radical (unpaired) electrons. The molecule has 0 aromatic heterocycles. The first-order valence-electron chi connectivity index (χ1n) is 5.30. The van der Waals surface area contributed by atoms with Crippen molar-refractivity contribution >= 4 is 18.3 Å². The van der Waals surface area contributed by atoms with Gasteiger partial charge in [0.05, 0.1) is 6.61 Å². The van der Waals surface area contributed by atoms with Gasteiger partial charge in [-0.1, -0.05) is 13.3 Å². The van der Waals surface area contributed by atoms with Crippen molar-refractivity contribution < 1.29 is 9.53 Å². The molecule has 1 amide bonds. The molecule has 0 aliphatic rings. The molecule has 5 heteroatoms. The molecule has 2 N–H and O–H groups in total. The smallest absolute Gasteiger partial charge is 0.221 e. The minimum atomic E-state index is 0. The van der Waals surface area contributed by atoms with Crippen molar-refractivity contribution in [2.45, 2.75) is 26.2 Å². The Balaban J connectivity index is 0. The largest absolute Gasteiger partial charge is 0.380 e. The average molecular weight is 239 g/mol. The van der Waals surface area contributed by atoms with Crippen molar-refractivity contribution in [1.82, 2.24) is 10.6 Å². The van der Waals surface area contributed by atoms with Gasteiger partial charge in [0.25, 0.3) is 0 Å². The number of hydrogen-bond donors (Lipinski definition) is 2. The third-order valence-corrected chi connectivity index (χ3v) is 1.81. The summed E-state index contributed by atoms with van der Waals surface area (Å²) < 4.78 is 5.30. The maximum Gasteiger partial charge on any atom is 0.221 e. The van der Waals surface area contributed by atoms with Crippen LogP contribution in [0.25, 0.3) is 0 Å². The topological polar surface area (TPSA) is 50.4 Å². The number of hydrogen-bond acceptors (Lipinski definition) is 3. The molecule has 0 bridgehead atoms. The fourth-order valence-corrected chi connectivity index (χ4v) is 0.938. The average Bonchev–Trinajstić information content (AvgIpc) is 2.20. The summed E-state index contributed by atoms with van der Waals surface area (Å²) in [5, 5.41) is 5.72. The normalized spacial score (nSPS) is 9.47. The van der Waals surface area contributed by atoms with E-state index in [-0.39, 0.29) is 18.3 Å².